The van der Waals surface area contributed by atoms with Gasteiger partial charge in [-0.25, -0.2) is 23.3 Å². The summed E-state index contributed by atoms with van der Waals surface area (Å²) in [4.78, 5) is 0. The average molecular weight is 275 g/mol. The van der Waals surface area contributed by atoms with Gasteiger partial charge in [0.25, 0.3) is 0 Å². The molecule has 1 aliphatic rings. The van der Waals surface area contributed by atoms with Crippen LogP contribution >= 0.6 is 0 Å². The van der Waals surface area contributed by atoms with Crippen LogP contribution in [0.4, 0.5) is 0 Å². The summed E-state index contributed by atoms with van der Waals surface area (Å²) in [6.07, 6.45) is 10.3. The normalized spacial score (nSPS) is 11.9. The molecule has 14 heavy (non-hydrogen) atoms. The topological polar surface area (TPSA) is 0 Å². The Bertz CT molecular complexity index is 248. The zero-order valence-corrected chi connectivity index (χ0v) is 11.1. The van der Waals surface area contributed by atoms with Crippen molar-refractivity contribution in [3.63, 3.8) is 0 Å². The van der Waals surface area contributed by atoms with Crippen LogP contribution in [0.15, 0.2) is 34.9 Å². The molecule has 0 atom stereocenters. The first-order valence-electron chi connectivity index (χ1n) is 4.50. The zero-order chi connectivity index (χ0) is 10.3. The van der Waals surface area contributed by atoms with Crippen LogP contribution in [0.2, 0.25) is 0 Å². The fourth-order valence-electron chi connectivity index (χ4n) is 0.970. The van der Waals surface area contributed by atoms with Gasteiger partial charge in [0, 0.05) is 0 Å². The summed E-state index contributed by atoms with van der Waals surface area (Å²) in [6.45, 7) is 13.3. The molecule has 1 aliphatic carbocycles. The van der Waals surface area contributed by atoms with Gasteiger partial charge in [-0.3, -0.25) is 12.7 Å². The summed E-state index contributed by atoms with van der Waals surface area (Å²) in [5.74, 6) is 0. The van der Waals surface area contributed by atoms with Crippen LogP contribution in [0, 0.1) is 12.7 Å². The molecule has 0 nitrogen and oxygen atoms in total. The molecule has 0 aromatic heterocycles. The Labute approximate surface area is 101 Å². The standard InChI is InChI=1S/C7H11.C6H7.Ru/c1-6(2)5-7(3)4;1-6-4-2-3-5-6;/h1,5H,2-4H3;2,4H,3H2,1H3;/q2*-1;+2. The minimum atomic E-state index is 0. The summed E-state index contributed by atoms with van der Waals surface area (Å²) >= 11 is 0. The molecule has 0 aliphatic heterocycles. The van der Waals surface area contributed by atoms with Crippen molar-refractivity contribution in [1.29, 1.82) is 0 Å². The molecule has 78 valence electrons. The smallest absolute Gasteiger partial charge is 0.290 e. The van der Waals surface area contributed by atoms with E-state index in [1.807, 2.05) is 26.8 Å². The second-order valence-electron chi connectivity index (χ2n) is 3.43. The summed E-state index contributed by atoms with van der Waals surface area (Å²) in [5, 5.41) is 0. The largest absolute Gasteiger partial charge is 2.00 e. The molecule has 0 saturated carbocycles. The molecule has 0 amide bonds. The Morgan fingerprint density at radius 2 is 2.00 bits per heavy atom. The van der Waals surface area contributed by atoms with Crippen molar-refractivity contribution in [3.8, 4) is 0 Å². The third-order valence-corrected chi connectivity index (χ3v) is 1.38. The molecular formula is C13H18Ru. The van der Waals surface area contributed by atoms with E-state index in [1.54, 1.807) is 0 Å². The van der Waals surface area contributed by atoms with E-state index in [0.717, 1.165) is 12.0 Å². The zero-order valence-electron chi connectivity index (χ0n) is 9.37. The Hall–Kier alpha value is -0.417. The molecule has 0 heterocycles. The molecule has 0 bridgehead atoms. The minimum Gasteiger partial charge on any atom is -0.290 e. The molecule has 0 radical (unpaired) electrons. The fraction of sp³-hybridized carbons (Fsp3) is 0.385. The predicted molar refractivity (Wildman–Crippen MR) is 59.1 cm³/mol. The molecular weight excluding hydrogens is 257 g/mol. The van der Waals surface area contributed by atoms with Crippen molar-refractivity contribution >= 4 is 0 Å². The van der Waals surface area contributed by atoms with Crippen LogP contribution in [0.25, 0.3) is 0 Å². The monoisotopic (exact) mass is 276 g/mol. The molecule has 0 N–H and O–H groups in total. The Kier molecular flexibility index (Phi) is 10.5. The predicted octanol–water partition coefficient (Wildman–Crippen LogP) is 4.03. The molecule has 0 aromatic rings. The SMILES string of the molecule is CC1=[C-]CC=C1.[CH-]=C(C)C=C(C)C.[Ru+2]. The molecule has 1 heteroatoms. The summed E-state index contributed by atoms with van der Waals surface area (Å²) < 4.78 is 0. The van der Waals surface area contributed by atoms with Gasteiger partial charge in [0.15, 0.2) is 0 Å². The van der Waals surface area contributed by atoms with Crippen molar-refractivity contribution in [2.75, 3.05) is 0 Å². The van der Waals surface area contributed by atoms with E-state index in [2.05, 4.69) is 25.2 Å². The average Bonchev–Trinajstić information content (AvgIpc) is 2.37. The van der Waals surface area contributed by atoms with E-state index >= 15 is 0 Å². The Morgan fingerprint density at radius 1 is 1.43 bits per heavy atom. The van der Waals surface area contributed by atoms with Gasteiger partial charge in [-0.1, -0.05) is 27.7 Å². The van der Waals surface area contributed by atoms with Gasteiger partial charge in [-0.05, 0) is 0 Å². The van der Waals surface area contributed by atoms with E-state index in [1.165, 1.54) is 11.1 Å². The summed E-state index contributed by atoms with van der Waals surface area (Å²) in [6, 6.07) is 0. The van der Waals surface area contributed by atoms with E-state index < -0.39 is 0 Å². The van der Waals surface area contributed by atoms with Crippen molar-refractivity contribution < 1.29 is 19.5 Å². The number of hydrogen-bond acceptors (Lipinski definition) is 0. The van der Waals surface area contributed by atoms with Gasteiger partial charge in [-0.15, -0.1) is 6.42 Å². The van der Waals surface area contributed by atoms with E-state index in [-0.39, 0.29) is 19.5 Å². The quantitative estimate of drug-likeness (QED) is 0.385. The van der Waals surface area contributed by atoms with Crippen molar-refractivity contribution in [3.05, 3.63) is 47.6 Å². The van der Waals surface area contributed by atoms with Crippen molar-refractivity contribution in [2.24, 2.45) is 0 Å². The van der Waals surface area contributed by atoms with Gasteiger partial charge in [0.2, 0.25) is 0 Å². The second-order valence-corrected chi connectivity index (χ2v) is 3.43. The van der Waals surface area contributed by atoms with Gasteiger partial charge in [-0.2, -0.15) is 11.6 Å². The first kappa shape index (κ1) is 16.0. The first-order valence-corrected chi connectivity index (χ1v) is 4.50. The Morgan fingerprint density at radius 3 is 2.07 bits per heavy atom. The third kappa shape index (κ3) is 11.6. The molecule has 0 aromatic carbocycles. The van der Waals surface area contributed by atoms with Crippen LogP contribution in [0.1, 0.15) is 34.1 Å². The van der Waals surface area contributed by atoms with Crippen molar-refractivity contribution in [1.82, 2.24) is 0 Å². The maximum atomic E-state index is 5.33. The molecule has 1 rings (SSSR count). The third-order valence-electron chi connectivity index (χ3n) is 1.38. The van der Waals surface area contributed by atoms with Gasteiger partial charge >= 0.3 is 19.5 Å². The molecule has 0 unspecified atom stereocenters. The van der Waals surface area contributed by atoms with Crippen LogP contribution in [0.5, 0.6) is 0 Å². The van der Waals surface area contributed by atoms with Crippen LogP contribution in [-0.4, -0.2) is 0 Å². The number of rotatable bonds is 1. The molecule has 0 spiro atoms. The van der Waals surface area contributed by atoms with E-state index in [4.69, 9.17) is 6.58 Å². The number of hydrogen-bond donors (Lipinski definition) is 0. The maximum absolute atomic E-state index is 5.33. The van der Waals surface area contributed by atoms with E-state index in [9.17, 15) is 0 Å². The Balaban J connectivity index is 0. The summed E-state index contributed by atoms with van der Waals surface area (Å²) in [7, 11) is 0. The van der Waals surface area contributed by atoms with E-state index in [0.29, 0.717) is 0 Å². The van der Waals surface area contributed by atoms with Gasteiger partial charge in [0.1, 0.15) is 0 Å². The first-order chi connectivity index (χ1) is 6.02. The number of allylic oxidation sites excluding steroid dienone is 7. The van der Waals surface area contributed by atoms with Crippen molar-refractivity contribution in [2.45, 2.75) is 34.1 Å². The van der Waals surface area contributed by atoms with Gasteiger partial charge in [0.05, 0.1) is 0 Å². The van der Waals surface area contributed by atoms with Gasteiger partial charge < -0.3 is 0 Å². The fourth-order valence-corrected chi connectivity index (χ4v) is 0.970. The van der Waals surface area contributed by atoms with Crippen LogP contribution < -0.4 is 0 Å². The molecule has 0 fully saturated rings. The van der Waals surface area contributed by atoms with Crippen LogP contribution in [-0.2, 0) is 19.5 Å². The van der Waals surface area contributed by atoms with Crippen LogP contribution in [0.3, 0.4) is 0 Å². The maximum Gasteiger partial charge on any atom is 2.00 e. The second kappa shape index (κ2) is 9.15. The summed E-state index contributed by atoms with van der Waals surface area (Å²) in [5.41, 5.74) is 3.40. The minimum absolute atomic E-state index is 0. The molecule has 0 saturated heterocycles.